The summed E-state index contributed by atoms with van der Waals surface area (Å²) in [6.45, 7) is 3.98. The number of rotatable bonds is 5. The van der Waals surface area contributed by atoms with Crippen LogP contribution in [0.25, 0.3) is 17.2 Å². The Kier molecular flexibility index (Phi) is 5.13. The molecule has 0 spiro atoms. The molecule has 1 amide bonds. The fourth-order valence-electron chi connectivity index (χ4n) is 2.86. The number of hydrogen-bond donors (Lipinski definition) is 1. The maximum Gasteiger partial charge on any atom is 0.257 e. The Bertz CT molecular complexity index is 1190. The van der Waals surface area contributed by atoms with E-state index in [1.807, 2.05) is 19.1 Å². The molecule has 2 heterocycles. The summed E-state index contributed by atoms with van der Waals surface area (Å²) in [5.74, 6) is -0.557. The summed E-state index contributed by atoms with van der Waals surface area (Å²) in [5.41, 5.74) is 3.65. The zero-order valence-corrected chi connectivity index (χ0v) is 16.6. The van der Waals surface area contributed by atoms with Gasteiger partial charge < -0.3 is 0 Å². The summed E-state index contributed by atoms with van der Waals surface area (Å²) in [7, 11) is 0. The van der Waals surface area contributed by atoms with Gasteiger partial charge in [-0.1, -0.05) is 30.3 Å². The summed E-state index contributed by atoms with van der Waals surface area (Å²) < 4.78 is 19.3. The molecule has 0 unspecified atom stereocenters. The summed E-state index contributed by atoms with van der Waals surface area (Å²) >= 11 is 1.03. The maximum atomic E-state index is 13.3. The van der Waals surface area contributed by atoms with Gasteiger partial charge in [-0.3, -0.25) is 10.1 Å². The molecule has 9 heteroatoms. The van der Waals surface area contributed by atoms with E-state index in [1.165, 1.54) is 23.8 Å². The Morgan fingerprint density at radius 3 is 2.83 bits per heavy atom. The minimum absolute atomic E-state index is 0.208. The van der Waals surface area contributed by atoms with Crippen molar-refractivity contribution >= 4 is 22.6 Å². The summed E-state index contributed by atoms with van der Waals surface area (Å²) in [6.07, 6.45) is 0.927. The molecular formula is C20H17FN6OS. The molecule has 0 bridgehead atoms. The Labute approximate surface area is 170 Å². The number of halogens is 1. The van der Waals surface area contributed by atoms with Crippen molar-refractivity contribution in [2.24, 2.45) is 0 Å². The standard InChI is InChI=1S/C20H17FN6OS/c1-3-13-6-4-9-16(10-13)27-12(2)17(24-26-27)18-22-20(29-25-18)23-19(28)14-7-5-8-15(21)11-14/h4-11H,3H2,1-2H3,(H,22,23,25,28). The van der Waals surface area contributed by atoms with Crippen LogP contribution in [0, 0.1) is 12.7 Å². The van der Waals surface area contributed by atoms with Gasteiger partial charge in [-0.15, -0.1) is 5.10 Å². The number of nitrogens with zero attached hydrogens (tertiary/aromatic N) is 5. The van der Waals surface area contributed by atoms with E-state index in [2.05, 4.69) is 44.0 Å². The second-order valence-electron chi connectivity index (χ2n) is 6.35. The maximum absolute atomic E-state index is 13.3. The number of carbonyl (C=O) groups is 1. The molecule has 29 heavy (non-hydrogen) atoms. The van der Waals surface area contributed by atoms with Gasteiger partial charge in [-0.05, 0) is 49.2 Å². The SMILES string of the molecule is CCc1cccc(-n2nnc(-c3nsc(NC(=O)c4cccc(F)c4)n3)c2C)c1. The lowest BCUT2D eigenvalue weighted by atomic mass is 10.1. The zero-order chi connectivity index (χ0) is 20.4. The van der Waals surface area contributed by atoms with E-state index in [0.29, 0.717) is 16.6 Å². The number of nitrogens with one attached hydrogen (secondary N) is 1. The largest absolute Gasteiger partial charge is 0.297 e. The molecule has 0 radical (unpaired) electrons. The second-order valence-corrected chi connectivity index (χ2v) is 7.10. The van der Waals surface area contributed by atoms with Crippen molar-refractivity contribution in [2.75, 3.05) is 5.32 Å². The number of anilines is 1. The van der Waals surface area contributed by atoms with Crippen LogP contribution in [0.4, 0.5) is 9.52 Å². The number of hydrogen-bond acceptors (Lipinski definition) is 6. The minimum atomic E-state index is -0.477. The normalized spacial score (nSPS) is 10.9. The van der Waals surface area contributed by atoms with Crippen LogP contribution >= 0.6 is 11.5 Å². The van der Waals surface area contributed by atoms with Crippen LogP contribution in [0.1, 0.15) is 28.5 Å². The van der Waals surface area contributed by atoms with E-state index in [4.69, 9.17) is 0 Å². The molecule has 0 aliphatic carbocycles. The van der Waals surface area contributed by atoms with E-state index < -0.39 is 11.7 Å². The third kappa shape index (κ3) is 3.90. The van der Waals surface area contributed by atoms with Crippen molar-refractivity contribution in [2.45, 2.75) is 20.3 Å². The molecule has 0 aliphatic heterocycles. The van der Waals surface area contributed by atoms with Crippen LogP contribution in [-0.4, -0.2) is 30.3 Å². The molecule has 4 aromatic rings. The smallest absolute Gasteiger partial charge is 0.257 e. The van der Waals surface area contributed by atoms with Crippen molar-refractivity contribution in [3.05, 3.63) is 71.2 Å². The van der Waals surface area contributed by atoms with Crippen LogP contribution in [0.3, 0.4) is 0 Å². The molecule has 1 N–H and O–H groups in total. The molecule has 4 rings (SSSR count). The predicted molar refractivity (Wildman–Crippen MR) is 109 cm³/mol. The highest BCUT2D eigenvalue weighted by Crippen LogP contribution is 2.24. The highest BCUT2D eigenvalue weighted by molar-refractivity contribution is 7.10. The van der Waals surface area contributed by atoms with Gasteiger partial charge in [-0.2, -0.15) is 9.36 Å². The fraction of sp³-hybridized carbons (Fsp3) is 0.150. The molecule has 0 fully saturated rings. The highest BCUT2D eigenvalue weighted by Gasteiger charge is 2.18. The average molecular weight is 408 g/mol. The summed E-state index contributed by atoms with van der Waals surface area (Å²) in [6, 6.07) is 13.5. The lowest BCUT2D eigenvalue weighted by Gasteiger charge is -2.05. The van der Waals surface area contributed by atoms with Gasteiger partial charge in [0.2, 0.25) is 5.13 Å². The number of carbonyl (C=O) groups excluding carboxylic acids is 1. The number of benzene rings is 2. The Balaban J connectivity index is 1.57. The number of aromatic nitrogens is 5. The van der Waals surface area contributed by atoms with Gasteiger partial charge in [-0.25, -0.2) is 9.07 Å². The zero-order valence-electron chi connectivity index (χ0n) is 15.8. The Morgan fingerprint density at radius 2 is 2.03 bits per heavy atom. The van der Waals surface area contributed by atoms with E-state index in [0.717, 1.165) is 35.4 Å². The molecule has 2 aromatic carbocycles. The van der Waals surface area contributed by atoms with Gasteiger partial charge in [0.25, 0.3) is 5.91 Å². The first-order chi connectivity index (χ1) is 14.0. The summed E-state index contributed by atoms with van der Waals surface area (Å²) in [5, 5.41) is 11.4. The predicted octanol–water partition coefficient (Wildman–Crippen LogP) is 4.05. The van der Waals surface area contributed by atoms with Crippen LogP contribution < -0.4 is 5.32 Å². The first-order valence-corrected chi connectivity index (χ1v) is 9.75. The van der Waals surface area contributed by atoms with Crippen LogP contribution in [0.2, 0.25) is 0 Å². The van der Waals surface area contributed by atoms with Crippen LogP contribution in [0.5, 0.6) is 0 Å². The first-order valence-electron chi connectivity index (χ1n) is 8.97. The molecule has 0 aliphatic rings. The Hall–Kier alpha value is -3.46. The topological polar surface area (TPSA) is 85.6 Å². The van der Waals surface area contributed by atoms with E-state index in [1.54, 1.807) is 4.68 Å². The van der Waals surface area contributed by atoms with Crippen molar-refractivity contribution in [3.63, 3.8) is 0 Å². The fourth-order valence-corrected chi connectivity index (χ4v) is 3.42. The Morgan fingerprint density at radius 1 is 1.21 bits per heavy atom. The number of aryl methyl sites for hydroxylation is 1. The third-order valence-corrected chi connectivity index (χ3v) is 5.03. The minimum Gasteiger partial charge on any atom is -0.297 e. The van der Waals surface area contributed by atoms with Crippen molar-refractivity contribution < 1.29 is 9.18 Å². The molecule has 146 valence electrons. The van der Waals surface area contributed by atoms with Crippen LogP contribution in [0.15, 0.2) is 48.5 Å². The molecule has 0 saturated heterocycles. The van der Waals surface area contributed by atoms with Crippen molar-refractivity contribution in [1.82, 2.24) is 24.4 Å². The molecule has 2 aromatic heterocycles. The average Bonchev–Trinajstić information content (AvgIpc) is 3.34. The first kappa shape index (κ1) is 18.9. The third-order valence-electron chi connectivity index (χ3n) is 4.40. The van der Waals surface area contributed by atoms with Gasteiger partial charge in [0.15, 0.2) is 11.5 Å². The van der Waals surface area contributed by atoms with E-state index in [9.17, 15) is 9.18 Å². The van der Waals surface area contributed by atoms with Crippen molar-refractivity contribution in [3.8, 4) is 17.2 Å². The van der Waals surface area contributed by atoms with E-state index in [-0.39, 0.29) is 5.56 Å². The van der Waals surface area contributed by atoms with Gasteiger partial charge in [0.05, 0.1) is 11.4 Å². The highest BCUT2D eigenvalue weighted by atomic mass is 32.1. The van der Waals surface area contributed by atoms with Gasteiger partial charge >= 0.3 is 0 Å². The molecule has 0 saturated carbocycles. The van der Waals surface area contributed by atoms with Gasteiger partial charge in [0.1, 0.15) is 5.82 Å². The lowest BCUT2D eigenvalue weighted by Crippen LogP contribution is -2.11. The molecule has 0 atom stereocenters. The molecular weight excluding hydrogens is 391 g/mol. The second kappa shape index (κ2) is 7.88. The lowest BCUT2D eigenvalue weighted by molar-refractivity contribution is 0.102. The van der Waals surface area contributed by atoms with Crippen LogP contribution in [-0.2, 0) is 6.42 Å². The molecule has 7 nitrogen and oxygen atoms in total. The monoisotopic (exact) mass is 408 g/mol. The van der Waals surface area contributed by atoms with Gasteiger partial charge in [0, 0.05) is 17.1 Å². The van der Waals surface area contributed by atoms with E-state index >= 15 is 0 Å². The quantitative estimate of drug-likeness (QED) is 0.538. The van der Waals surface area contributed by atoms with Crippen molar-refractivity contribution in [1.29, 1.82) is 0 Å². The summed E-state index contributed by atoms with van der Waals surface area (Å²) in [4.78, 5) is 16.6. The number of amides is 1.